The molecule has 0 spiro atoms. The van der Waals surface area contributed by atoms with E-state index in [4.69, 9.17) is 5.73 Å². The molecule has 1 aromatic heterocycles. The third-order valence-electron chi connectivity index (χ3n) is 2.50. The van der Waals surface area contributed by atoms with Crippen molar-refractivity contribution in [3.63, 3.8) is 0 Å². The van der Waals surface area contributed by atoms with Gasteiger partial charge in [0.05, 0.1) is 0 Å². The van der Waals surface area contributed by atoms with E-state index >= 15 is 0 Å². The minimum absolute atomic E-state index is 0.351. The third kappa shape index (κ3) is 2.94. The zero-order valence-corrected chi connectivity index (χ0v) is 10.8. The largest absolute Gasteiger partial charge is 0.367 e. The second-order valence-electron chi connectivity index (χ2n) is 4.14. The quantitative estimate of drug-likeness (QED) is 0.903. The molecule has 17 heavy (non-hydrogen) atoms. The number of rotatable bonds is 4. The Labute approximate surface area is 105 Å². The van der Waals surface area contributed by atoms with Gasteiger partial charge in [-0.15, -0.1) is 0 Å². The lowest BCUT2D eigenvalue weighted by molar-refractivity contribution is 0.680. The van der Waals surface area contributed by atoms with E-state index in [2.05, 4.69) is 40.2 Å². The standard InChI is InChI=1S/C12H16N4S/c1-9(2)16(12-14-11(13)15-17-12)8-10-6-4-3-5-7-10/h3-7,9H,8H2,1-2H3,(H2,13,15). The number of hydrogen-bond acceptors (Lipinski definition) is 5. The van der Waals surface area contributed by atoms with Gasteiger partial charge in [-0.05, 0) is 19.4 Å². The molecular weight excluding hydrogens is 232 g/mol. The Morgan fingerprint density at radius 3 is 2.53 bits per heavy atom. The zero-order chi connectivity index (χ0) is 12.3. The molecule has 4 nitrogen and oxygen atoms in total. The van der Waals surface area contributed by atoms with E-state index in [1.165, 1.54) is 17.1 Å². The number of benzene rings is 1. The van der Waals surface area contributed by atoms with Crippen LogP contribution in [0.4, 0.5) is 11.1 Å². The van der Waals surface area contributed by atoms with Gasteiger partial charge in [0.1, 0.15) is 0 Å². The maximum Gasteiger partial charge on any atom is 0.233 e. The van der Waals surface area contributed by atoms with E-state index in [9.17, 15) is 0 Å². The molecular formula is C12H16N4S. The van der Waals surface area contributed by atoms with Crippen LogP contribution in [0, 0.1) is 0 Å². The van der Waals surface area contributed by atoms with Gasteiger partial charge >= 0.3 is 0 Å². The van der Waals surface area contributed by atoms with E-state index in [0.717, 1.165) is 11.7 Å². The molecule has 90 valence electrons. The van der Waals surface area contributed by atoms with Crippen molar-refractivity contribution in [2.45, 2.75) is 26.4 Å². The van der Waals surface area contributed by atoms with Crippen LogP contribution < -0.4 is 10.6 Å². The molecule has 0 fully saturated rings. The lowest BCUT2D eigenvalue weighted by Crippen LogP contribution is -2.30. The molecule has 5 heteroatoms. The topological polar surface area (TPSA) is 55.0 Å². The van der Waals surface area contributed by atoms with Crippen molar-refractivity contribution in [3.8, 4) is 0 Å². The van der Waals surface area contributed by atoms with Gasteiger partial charge < -0.3 is 10.6 Å². The summed E-state index contributed by atoms with van der Waals surface area (Å²) in [5.74, 6) is 0.351. The molecule has 0 amide bonds. The molecule has 2 rings (SSSR count). The van der Waals surface area contributed by atoms with Crippen molar-refractivity contribution < 1.29 is 0 Å². The van der Waals surface area contributed by atoms with Gasteiger partial charge in [-0.25, -0.2) is 0 Å². The van der Waals surface area contributed by atoms with Crippen LogP contribution in [-0.4, -0.2) is 15.4 Å². The lowest BCUT2D eigenvalue weighted by atomic mass is 10.2. The maximum atomic E-state index is 5.57. The summed E-state index contributed by atoms with van der Waals surface area (Å²) in [6.07, 6.45) is 0. The minimum Gasteiger partial charge on any atom is -0.367 e. The van der Waals surface area contributed by atoms with Gasteiger partial charge in [0.25, 0.3) is 0 Å². The van der Waals surface area contributed by atoms with Crippen LogP contribution in [0.2, 0.25) is 0 Å². The molecule has 0 radical (unpaired) electrons. The number of nitrogens with zero attached hydrogens (tertiary/aromatic N) is 3. The molecule has 1 heterocycles. The molecule has 0 bridgehead atoms. The van der Waals surface area contributed by atoms with Crippen LogP contribution in [-0.2, 0) is 6.54 Å². The highest BCUT2D eigenvalue weighted by Gasteiger charge is 2.15. The van der Waals surface area contributed by atoms with Crippen molar-refractivity contribution in [2.24, 2.45) is 0 Å². The summed E-state index contributed by atoms with van der Waals surface area (Å²) in [6, 6.07) is 10.7. The number of anilines is 2. The highest BCUT2D eigenvalue weighted by Crippen LogP contribution is 2.22. The van der Waals surface area contributed by atoms with Crippen molar-refractivity contribution in [1.82, 2.24) is 9.36 Å². The smallest absolute Gasteiger partial charge is 0.233 e. The first-order valence-corrected chi connectivity index (χ1v) is 6.34. The average Bonchev–Trinajstić information content (AvgIpc) is 2.73. The molecule has 0 aliphatic heterocycles. The fourth-order valence-corrected chi connectivity index (χ4v) is 2.32. The SMILES string of the molecule is CC(C)N(Cc1ccccc1)c1nc(N)ns1. The Bertz CT molecular complexity index is 466. The summed E-state index contributed by atoms with van der Waals surface area (Å²) in [5.41, 5.74) is 6.83. The van der Waals surface area contributed by atoms with Gasteiger partial charge in [0.2, 0.25) is 11.1 Å². The second kappa shape index (κ2) is 5.14. The molecule has 0 atom stereocenters. The molecule has 0 unspecified atom stereocenters. The Kier molecular flexibility index (Phi) is 3.58. The Balaban J connectivity index is 2.19. The van der Waals surface area contributed by atoms with E-state index < -0.39 is 0 Å². The first kappa shape index (κ1) is 11.9. The maximum absolute atomic E-state index is 5.57. The van der Waals surface area contributed by atoms with Gasteiger partial charge in [-0.2, -0.15) is 9.36 Å². The lowest BCUT2D eigenvalue weighted by Gasteiger charge is -2.25. The predicted molar refractivity (Wildman–Crippen MR) is 72.1 cm³/mol. The summed E-state index contributed by atoms with van der Waals surface area (Å²) >= 11 is 1.35. The van der Waals surface area contributed by atoms with Crippen LogP contribution in [0.3, 0.4) is 0 Å². The summed E-state index contributed by atoms with van der Waals surface area (Å²) in [5, 5.41) is 0.876. The number of aromatic nitrogens is 2. The first-order chi connectivity index (χ1) is 8.16. The predicted octanol–water partition coefficient (Wildman–Crippen LogP) is 2.54. The van der Waals surface area contributed by atoms with E-state index in [0.29, 0.717) is 12.0 Å². The minimum atomic E-state index is 0.351. The van der Waals surface area contributed by atoms with E-state index in [1.807, 2.05) is 18.2 Å². The molecule has 1 aromatic carbocycles. The molecule has 0 saturated heterocycles. The van der Waals surface area contributed by atoms with Crippen molar-refractivity contribution >= 4 is 22.6 Å². The number of nitrogens with two attached hydrogens (primary N) is 1. The fourth-order valence-electron chi connectivity index (χ4n) is 1.59. The van der Waals surface area contributed by atoms with Crippen molar-refractivity contribution in [3.05, 3.63) is 35.9 Å². The molecule has 0 saturated carbocycles. The van der Waals surface area contributed by atoms with Gasteiger partial charge in [0.15, 0.2) is 0 Å². The summed E-state index contributed by atoms with van der Waals surface area (Å²) in [6.45, 7) is 5.11. The number of nitrogen functional groups attached to an aromatic ring is 1. The van der Waals surface area contributed by atoms with E-state index in [1.54, 1.807) is 0 Å². The Hall–Kier alpha value is -1.62. The monoisotopic (exact) mass is 248 g/mol. The highest BCUT2D eigenvalue weighted by atomic mass is 32.1. The van der Waals surface area contributed by atoms with Gasteiger partial charge in [-0.1, -0.05) is 30.3 Å². The van der Waals surface area contributed by atoms with Crippen LogP contribution in [0.15, 0.2) is 30.3 Å². The summed E-state index contributed by atoms with van der Waals surface area (Å²) < 4.78 is 4.03. The zero-order valence-electron chi connectivity index (χ0n) is 10.00. The van der Waals surface area contributed by atoms with Gasteiger partial charge in [-0.3, -0.25) is 0 Å². The molecule has 0 aliphatic rings. The van der Waals surface area contributed by atoms with Crippen LogP contribution in [0.5, 0.6) is 0 Å². The molecule has 0 aliphatic carbocycles. The third-order valence-corrected chi connectivity index (χ3v) is 3.26. The Morgan fingerprint density at radius 1 is 1.29 bits per heavy atom. The van der Waals surface area contributed by atoms with Crippen molar-refractivity contribution in [2.75, 3.05) is 10.6 Å². The van der Waals surface area contributed by atoms with Crippen LogP contribution in [0.1, 0.15) is 19.4 Å². The van der Waals surface area contributed by atoms with E-state index in [-0.39, 0.29) is 0 Å². The first-order valence-electron chi connectivity index (χ1n) is 5.56. The molecule has 2 N–H and O–H groups in total. The van der Waals surface area contributed by atoms with Gasteiger partial charge in [0, 0.05) is 24.1 Å². The number of hydrogen-bond donors (Lipinski definition) is 1. The summed E-state index contributed by atoms with van der Waals surface area (Å²) in [7, 11) is 0. The molecule has 2 aromatic rings. The fraction of sp³-hybridized carbons (Fsp3) is 0.333. The van der Waals surface area contributed by atoms with Crippen molar-refractivity contribution in [1.29, 1.82) is 0 Å². The highest BCUT2D eigenvalue weighted by molar-refractivity contribution is 7.09. The summed E-state index contributed by atoms with van der Waals surface area (Å²) in [4.78, 5) is 6.44. The Morgan fingerprint density at radius 2 is 2.00 bits per heavy atom. The average molecular weight is 248 g/mol. The second-order valence-corrected chi connectivity index (χ2v) is 4.87. The van der Waals surface area contributed by atoms with Crippen LogP contribution in [0.25, 0.3) is 0 Å². The van der Waals surface area contributed by atoms with Crippen LogP contribution >= 0.6 is 11.5 Å². The normalized spacial score (nSPS) is 10.8.